The molecule has 0 aliphatic heterocycles. The third kappa shape index (κ3) is 38.3. The number of rotatable bonds is 36. The van der Waals surface area contributed by atoms with Crippen LogP contribution in [0, 0.1) is 0 Å². The number of allylic oxidation sites excluding steroid dienone is 8. The fourth-order valence-corrected chi connectivity index (χ4v) is 5.21. The van der Waals surface area contributed by atoms with Crippen molar-refractivity contribution < 1.29 is 9.47 Å². The van der Waals surface area contributed by atoms with Crippen LogP contribution in [0.3, 0.4) is 0 Å². The first-order chi connectivity index (χ1) is 22.3. The zero-order valence-electron chi connectivity index (χ0n) is 29.9. The molecule has 260 valence electrons. The lowest BCUT2D eigenvalue weighted by molar-refractivity contribution is -0.0211. The highest BCUT2D eigenvalue weighted by Gasteiger charge is 2.09. The van der Waals surface area contributed by atoms with Crippen LogP contribution in [0.1, 0.15) is 174 Å². The van der Waals surface area contributed by atoms with E-state index >= 15 is 0 Å². The Morgan fingerprint density at radius 3 is 1.42 bits per heavy atom. The number of ether oxygens (including phenoxy) is 2. The van der Waals surface area contributed by atoms with Gasteiger partial charge < -0.3 is 9.47 Å². The van der Waals surface area contributed by atoms with Crippen LogP contribution in [0.4, 0.5) is 0 Å². The van der Waals surface area contributed by atoms with E-state index in [4.69, 9.17) is 15.0 Å². The zero-order valence-corrected chi connectivity index (χ0v) is 29.9. The highest BCUT2D eigenvalue weighted by Crippen LogP contribution is 2.11. The van der Waals surface area contributed by atoms with E-state index in [-0.39, 0.29) is 6.10 Å². The van der Waals surface area contributed by atoms with Crippen molar-refractivity contribution in [2.24, 2.45) is 5.11 Å². The Morgan fingerprint density at radius 2 is 0.956 bits per heavy atom. The molecular formula is C40H73N3O2. The molecule has 5 heteroatoms. The Kier molecular flexibility index (Phi) is 38.6. The largest absolute Gasteiger partial charge is 0.379 e. The Morgan fingerprint density at radius 1 is 0.533 bits per heavy atom. The third-order valence-corrected chi connectivity index (χ3v) is 8.11. The highest BCUT2D eigenvalue weighted by atomic mass is 16.5. The van der Waals surface area contributed by atoms with Crippen molar-refractivity contribution in [3.8, 4) is 0 Å². The van der Waals surface area contributed by atoms with Crippen molar-refractivity contribution in [2.75, 3.05) is 26.4 Å². The molecule has 0 saturated carbocycles. The van der Waals surface area contributed by atoms with Crippen molar-refractivity contribution in [3.05, 3.63) is 59.1 Å². The van der Waals surface area contributed by atoms with Crippen LogP contribution >= 0.6 is 0 Å². The van der Waals surface area contributed by atoms with Gasteiger partial charge in [-0.05, 0) is 89.0 Å². The highest BCUT2D eigenvalue weighted by molar-refractivity contribution is 4.93. The van der Waals surface area contributed by atoms with Gasteiger partial charge in [-0.25, -0.2) is 0 Å². The average Bonchev–Trinajstić information content (AvgIpc) is 3.05. The standard InChI is InChI=1S/C40H73N3O2/c1-3-5-7-9-11-13-15-17-19-21-23-25-27-29-31-33-37-44-39-40(35-36-42-43-41)45-38-34-32-30-28-26-24-22-20-18-16-14-12-10-8-6-4-2/h11-14,17-20,40H,3-10,15-16,21-39H2,1-2H3/b13-11-,14-12-,19-17-,20-18-/t40-/m0/s1. The summed E-state index contributed by atoms with van der Waals surface area (Å²) < 4.78 is 12.1. The first kappa shape index (κ1) is 43.2. The summed E-state index contributed by atoms with van der Waals surface area (Å²) >= 11 is 0. The van der Waals surface area contributed by atoms with E-state index < -0.39 is 0 Å². The van der Waals surface area contributed by atoms with Gasteiger partial charge in [0, 0.05) is 24.7 Å². The lowest BCUT2D eigenvalue weighted by Gasteiger charge is -2.17. The molecule has 0 aromatic rings. The second-order valence-electron chi connectivity index (χ2n) is 12.5. The van der Waals surface area contributed by atoms with E-state index in [0.29, 0.717) is 13.2 Å². The number of nitrogens with zero attached hydrogens (tertiary/aromatic N) is 3. The van der Waals surface area contributed by atoms with Crippen LogP contribution in [0.2, 0.25) is 0 Å². The summed E-state index contributed by atoms with van der Waals surface area (Å²) in [6.07, 6.45) is 49.4. The minimum atomic E-state index is 0.0260. The molecule has 0 aromatic heterocycles. The van der Waals surface area contributed by atoms with Gasteiger partial charge in [-0.1, -0.05) is 145 Å². The van der Waals surface area contributed by atoms with E-state index in [9.17, 15) is 0 Å². The maximum Gasteiger partial charge on any atom is 0.0809 e. The molecule has 0 aliphatic carbocycles. The molecule has 0 aromatic carbocycles. The predicted molar refractivity (Wildman–Crippen MR) is 198 cm³/mol. The van der Waals surface area contributed by atoms with Crippen LogP contribution in [0.5, 0.6) is 0 Å². The molecule has 0 rings (SSSR count). The smallest absolute Gasteiger partial charge is 0.0809 e. The summed E-state index contributed by atoms with van der Waals surface area (Å²) in [7, 11) is 0. The molecule has 0 N–H and O–H groups in total. The van der Waals surface area contributed by atoms with Gasteiger partial charge in [-0.2, -0.15) is 0 Å². The second-order valence-corrected chi connectivity index (χ2v) is 12.5. The fraction of sp³-hybridized carbons (Fsp3) is 0.800. The molecule has 0 radical (unpaired) electrons. The molecule has 0 aliphatic rings. The van der Waals surface area contributed by atoms with Crippen molar-refractivity contribution in [1.82, 2.24) is 0 Å². The van der Waals surface area contributed by atoms with Gasteiger partial charge in [-0.15, -0.1) is 0 Å². The molecule has 0 fully saturated rings. The van der Waals surface area contributed by atoms with Gasteiger partial charge in [0.1, 0.15) is 0 Å². The van der Waals surface area contributed by atoms with E-state index in [2.05, 4.69) is 72.5 Å². The summed E-state index contributed by atoms with van der Waals surface area (Å²) in [6, 6.07) is 0. The van der Waals surface area contributed by atoms with Gasteiger partial charge in [-0.3, -0.25) is 0 Å². The summed E-state index contributed by atoms with van der Waals surface area (Å²) in [5.74, 6) is 0. The molecule has 0 heterocycles. The maximum atomic E-state index is 8.62. The van der Waals surface area contributed by atoms with E-state index in [1.54, 1.807) is 0 Å². The number of azide groups is 1. The normalized spacial score (nSPS) is 12.8. The fourth-order valence-electron chi connectivity index (χ4n) is 5.21. The van der Waals surface area contributed by atoms with Gasteiger partial charge in [0.05, 0.1) is 12.7 Å². The number of hydrogen-bond acceptors (Lipinski definition) is 3. The van der Waals surface area contributed by atoms with E-state index in [1.165, 1.54) is 128 Å². The van der Waals surface area contributed by atoms with Gasteiger partial charge >= 0.3 is 0 Å². The van der Waals surface area contributed by atoms with Crippen LogP contribution in [-0.4, -0.2) is 32.5 Å². The summed E-state index contributed by atoms with van der Waals surface area (Å²) in [5.41, 5.74) is 8.62. The molecular weight excluding hydrogens is 554 g/mol. The molecule has 0 unspecified atom stereocenters. The van der Waals surface area contributed by atoms with E-state index in [0.717, 1.165) is 45.3 Å². The topological polar surface area (TPSA) is 67.2 Å². The first-order valence-corrected chi connectivity index (χ1v) is 19.1. The summed E-state index contributed by atoms with van der Waals surface area (Å²) in [4.78, 5) is 2.89. The Balaban J connectivity index is 3.66. The monoisotopic (exact) mass is 628 g/mol. The first-order valence-electron chi connectivity index (χ1n) is 19.1. The molecule has 0 spiro atoms. The van der Waals surface area contributed by atoms with Crippen LogP contribution < -0.4 is 0 Å². The quantitative estimate of drug-likeness (QED) is 0.0228. The van der Waals surface area contributed by atoms with Gasteiger partial charge in [0.25, 0.3) is 0 Å². The van der Waals surface area contributed by atoms with Crippen LogP contribution in [0.25, 0.3) is 10.4 Å². The van der Waals surface area contributed by atoms with Gasteiger partial charge in [0.2, 0.25) is 0 Å². The SMILES string of the molecule is CCCCC/C=C\C/C=C\CCCCCCCCOC[C@H](CCN=[N+]=[N-])OCCCCCCCC/C=C\C/C=C\CCCCC. The average molecular weight is 628 g/mol. The van der Waals surface area contributed by atoms with Crippen molar-refractivity contribution in [1.29, 1.82) is 0 Å². The summed E-state index contributed by atoms with van der Waals surface area (Å²) in [6.45, 7) is 7.14. The molecule has 1 atom stereocenters. The second kappa shape index (κ2) is 40.2. The Bertz CT molecular complexity index is 740. The lowest BCUT2D eigenvalue weighted by Crippen LogP contribution is -2.22. The third-order valence-electron chi connectivity index (χ3n) is 8.11. The Labute approximate surface area is 280 Å². The minimum absolute atomic E-state index is 0.0260. The van der Waals surface area contributed by atoms with E-state index in [1.807, 2.05) is 0 Å². The molecule has 0 saturated heterocycles. The van der Waals surface area contributed by atoms with Crippen molar-refractivity contribution in [3.63, 3.8) is 0 Å². The number of unbranched alkanes of at least 4 members (excludes halogenated alkanes) is 18. The molecule has 45 heavy (non-hydrogen) atoms. The summed E-state index contributed by atoms with van der Waals surface area (Å²) in [5, 5.41) is 3.70. The van der Waals surface area contributed by atoms with Gasteiger partial charge in [0.15, 0.2) is 0 Å². The zero-order chi connectivity index (χ0) is 32.6. The lowest BCUT2D eigenvalue weighted by atomic mass is 10.1. The number of hydrogen-bond donors (Lipinski definition) is 0. The maximum absolute atomic E-state index is 8.62. The minimum Gasteiger partial charge on any atom is -0.379 e. The molecule has 0 bridgehead atoms. The van der Waals surface area contributed by atoms with Crippen molar-refractivity contribution >= 4 is 0 Å². The van der Waals surface area contributed by atoms with Crippen molar-refractivity contribution in [2.45, 2.75) is 180 Å². The molecule has 5 nitrogen and oxygen atoms in total. The van der Waals surface area contributed by atoms with Crippen LogP contribution in [-0.2, 0) is 9.47 Å². The predicted octanol–water partition coefficient (Wildman–Crippen LogP) is 13.7. The Hall–Kier alpha value is -1.81. The molecule has 0 amide bonds. The van der Waals surface area contributed by atoms with Crippen LogP contribution in [0.15, 0.2) is 53.7 Å².